The molecule has 1 saturated carbocycles. The van der Waals surface area contributed by atoms with Crippen LogP contribution in [0.5, 0.6) is 0 Å². The first-order valence-electron chi connectivity index (χ1n) is 6.53. The summed E-state index contributed by atoms with van der Waals surface area (Å²) in [6, 6.07) is 3.63. The van der Waals surface area contributed by atoms with Crippen LogP contribution in [0.25, 0.3) is 11.0 Å². The lowest BCUT2D eigenvalue weighted by Gasteiger charge is -2.29. The molecule has 19 heavy (non-hydrogen) atoms. The number of halogens is 2. The third-order valence-corrected chi connectivity index (χ3v) is 4.37. The van der Waals surface area contributed by atoms with Gasteiger partial charge < -0.3 is 9.30 Å². The molecule has 0 saturated heterocycles. The van der Waals surface area contributed by atoms with Gasteiger partial charge in [-0.1, -0.05) is 15.9 Å². The van der Waals surface area contributed by atoms with Gasteiger partial charge in [-0.15, -0.1) is 0 Å². The summed E-state index contributed by atoms with van der Waals surface area (Å²) in [5.74, 6) is -0.221. The van der Waals surface area contributed by atoms with Crippen LogP contribution in [0.4, 0.5) is 4.39 Å². The molecule has 1 aliphatic carbocycles. The molecule has 1 aliphatic rings. The van der Waals surface area contributed by atoms with Crippen LogP contribution in [-0.4, -0.2) is 22.8 Å². The van der Waals surface area contributed by atoms with Gasteiger partial charge in [-0.05, 0) is 37.8 Å². The Hall–Kier alpha value is -0.940. The maximum absolute atomic E-state index is 14.2. The normalized spacial score (nSPS) is 23.9. The van der Waals surface area contributed by atoms with E-state index >= 15 is 0 Å². The number of imidazole rings is 1. The van der Waals surface area contributed by atoms with Gasteiger partial charge in [0.15, 0.2) is 0 Å². The Morgan fingerprint density at radius 2 is 2.26 bits per heavy atom. The molecule has 5 heteroatoms. The summed E-state index contributed by atoms with van der Waals surface area (Å²) in [5.41, 5.74) is 1.30. The number of methoxy groups -OCH3 is 1. The number of nitrogens with zero attached hydrogens (tertiary/aromatic N) is 2. The SMILES string of the molecule is COC1CCC[C@@H](n2cnc3cc(Br)cc(F)c32)C1. The van der Waals surface area contributed by atoms with E-state index in [1.54, 1.807) is 13.4 Å². The molecule has 1 fully saturated rings. The smallest absolute Gasteiger partial charge is 0.150 e. The van der Waals surface area contributed by atoms with E-state index < -0.39 is 0 Å². The molecule has 0 N–H and O–H groups in total. The molecule has 102 valence electrons. The van der Waals surface area contributed by atoms with E-state index in [-0.39, 0.29) is 18.0 Å². The van der Waals surface area contributed by atoms with Gasteiger partial charge in [-0.25, -0.2) is 9.37 Å². The second-order valence-corrected chi connectivity index (χ2v) is 6.00. The quantitative estimate of drug-likeness (QED) is 0.831. The van der Waals surface area contributed by atoms with Crippen molar-refractivity contribution in [3.8, 4) is 0 Å². The highest BCUT2D eigenvalue weighted by molar-refractivity contribution is 9.10. The first kappa shape index (κ1) is 13.1. The topological polar surface area (TPSA) is 27.1 Å². The second kappa shape index (κ2) is 5.21. The minimum absolute atomic E-state index is 0.221. The highest BCUT2D eigenvalue weighted by Gasteiger charge is 2.25. The highest BCUT2D eigenvalue weighted by Crippen LogP contribution is 2.33. The summed E-state index contributed by atoms with van der Waals surface area (Å²) in [5, 5.41) is 0. The molecule has 3 nitrogen and oxygen atoms in total. The molecule has 2 atom stereocenters. The minimum atomic E-state index is -0.221. The van der Waals surface area contributed by atoms with Crippen LogP contribution in [-0.2, 0) is 4.74 Å². The summed E-state index contributed by atoms with van der Waals surface area (Å²) in [7, 11) is 1.75. The lowest BCUT2D eigenvalue weighted by Crippen LogP contribution is -2.23. The Kier molecular flexibility index (Phi) is 3.58. The minimum Gasteiger partial charge on any atom is -0.381 e. The van der Waals surface area contributed by atoms with Gasteiger partial charge in [-0.2, -0.15) is 0 Å². The second-order valence-electron chi connectivity index (χ2n) is 5.09. The third-order valence-electron chi connectivity index (χ3n) is 3.91. The molecule has 0 radical (unpaired) electrons. The van der Waals surface area contributed by atoms with E-state index in [1.807, 2.05) is 10.6 Å². The van der Waals surface area contributed by atoms with Crippen molar-refractivity contribution in [2.45, 2.75) is 37.8 Å². The standard InChI is InChI=1S/C14H16BrFN2O/c1-19-11-4-2-3-10(7-11)18-8-17-13-6-9(15)5-12(16)14(13)18/h5-6,8,10-11H,2-4,7H2,1H3/t10-,11?/m1/s1. The van der Waals surface area contributed by atoms with Gasteiger partial charge in [0.25, 0.3) is 0 Å². The number of ether oxygens (including phenoxy) is 1. The van der Waals surface area contributed by atoms with Gasteiger partial charge in [0.05, 0.1) is 17.9 Å². The molecule has 1 aromatic carbocycles. The zero-order chi connectivity index (χ0) is 13.4. The van der Waals surface area contributed by atoms with E-state index in [9.17, 15) is 4.39 Å². The van der Waals surface area contributed by atoms with Crippen LogP contribution in [0.15, 0.2) is 22.9 Å². The van der Waals surface area contributed by atoms with Crippen LogP contribution in [0.2, 0.25) is 0 Å². The maximum atomic E-state index is 14.2. The van der Waals surface area contributed by atoms with Gasteiger partial charge in [-0.3, -0.25) is 0 Å². The molecular formula is C14H16BrFN2O. The molecule has 1 heterocycles. The maximum Gasteiger partial charge on any atom is 0.150 e. The number of aromatic nitrogens is 2. The van der Waals surface area contributed by atoms with Crippen LogP contribution in [0.3, 0.4) is 0 Å². The molecule has 0 spiro atoms. The largest absolute Gasteiger partial charge is 0.381 e. The monoisotopic (exact) mass is 326 g/mol. The van der Waals surface area contributed by atoms with Gasteiger partial charge in [0.1, 0.15) is 11.3 Å². The fourth-order valence-electron chi connectivity index (χ4n) is 2.95. The molecule has 3 rings (SSSR count). The van der Waals surface area contributed by atoms with Crippen molar-refractivity contribution in [1.29, 1.82) is 0 Å². The number of rotatable bonds is 2. The van der Waals surface area contributed by atoms with Crippen LogP contribution >= 0.6 is 15.9 Å². The fourth-order valence-corrected chi connectivity index (χ4v) is 3.37. The molecule has 2 aromatic rings. The summed E-state index contributed by atoms with van der Waals surface area (Å²) < 4.78 is 22.3. The van der Waals surface area contributed by atoms with Gasteiger partial charge in [0, 0.05) is 17.6 Å². The number of fused-ring (bicyclic) bond motifs is 1. The van der Waals surface area contributed by atoms with E-state index in [2.05, 4.69) is 20.9 Å². The van der Waals surface area contributed by atoms with Crippen molar-refractivity contribution in [2.24, 2.45) is 0 Å². The summed E-state index contributed by atoms with van der Waals surface area (Å²) >= 11 is 3.30. The van der Waals surface area contributed by atoms with Crippen LogP contribution in [0.1, 0.15) is 31.7 Å². The predicted octanol–water partition coefficient (Wildman–Crippen LogP) is 4.07. The Labute approximate surface area is 119 Å². The fraction of sp³-hybridized carbons (Fsp3) is 0.500. The molecule has 0 amide bonds. The lowest BCUT2D eigenvalue weighted by molar-refractivity contribution is 0.0536. The molecule has 0 aliphatic heterocycles. The number of hydrogen-bond acceptors (Lipinski definition) is 2. The summed E-state index contributed by atoms with van der Waals surface area (Å²) in [4.78, 5) is 4.32. The lowest BCUT2D eigenvalue weighted by atomic mass is 9.92. The van der Waals surface area contributed by atoms with Crippen LogP contribution in [0, 0.1) is 5.82 Å². The van der Waals surface area contributed by atoms with Crippen LogP contribution < -0.4 is 0 Å². The molecular weight excluding hydrogens is 311 g/mol. The van der Waals surface area contributed by atoms with Gasteiger partial charge >= 0.3 is 0 Å². The zero-order valence-corrected chi connectivity index (χ0v) is 12.4. The van der Waals surface area contributed by atoms with Crippen molar-refractivity contribution in [2.75, 3.05) is 7.11 Å². The third kappa shape index (κ3) is 2.41. The first-order chi connectivity index (χ1) is 9.19. The highest BCUT2D eigenvalue weighted by atomic mass is 79.9. The number of benzene rings is 1. The van der Waals surface area contributed by atoms with E-state index in [1.165, 1.54) is 6.07 Å². The Morgan fingerprint density at radius 1 is 1.42 bits per heavy atom. The summed E-state index contributed by atoms with van der Waals surface area (Å²) in [6.45, 7) is 0. The molecule has 1 unspecified atom stereocenters. The van der Waals surface area contributed by atoms with Crippen molar-refractivity contribution in [3.63, 3.8) is 0 Å². The van der Waals surface area contributed by atoms with E-state index in [4.69, 9.17) is 4.74 Å². The summed E-state index contributed by atoms with van der Waals surface area (Å²) in [6.07, 6.45) is 6.21. The van der Waals surface area contributed by atoms with Crippen molar-refractivity contribution in [3.05, 3.63) is 28.7 Å². The Morgan fingerprint density at radius 3 is 3.05 bits per heavy atom. The van der Waals surface area contributed by atoms with E-state index in [0.717, 1.165) is 30.2 Å². The van der Waals surface area contributed by atoms with E-state index in [0.29, 0.717) is 11.0 Å². The molecule has 0 bridgehead atoms. The number of hydrogen-bond donors (Lipinski definition) is 0. The Bertz CT molecular complexity index is 598. The average molecular weight is 327 g/mol. The first-order valence-corrected chi connectivity index (χ1v) is 7.32. The average Bonchev–Trinajstić information content (AvgIpc) is 2.82. The van der Waals surface area contributed by atoms with Crippen molar-refractivity contribution < 1.29 is 9.13 Å². The predicted molar refractivity (Wildman–Crippen MR) is 75.7 cm³/mol. The molecule has 1 aromatic heterocycles. The zero-order valence-electron chi connectivity index (χ0n) is 10.8. The Balaban J connectivity index is 2.01. The van der Waals surface area contributed by atoms with Crippen molar-refractivity contribution in [1.82, 2.24) is 9.55 Å². The van der Waals surface area contributed by atoms with Gasteiger partial charge in [0.2, 0.25) is 0 Å². The van der Waals surface area contributed by atoms with Crippen molar-refractivity contribution >= 4 is 27.0 Å².